The van der Waals surface area contributed by atoms with Crippen LogP contribution >= 0.6 is 0 Å². The quantitative estimate of drug-likeness (QED) is 0.191. The van der Waals surface area contributed by atoms with Gasteiger partial charge in [-0.3, -0.25) is 0 Å². The molecule has 1 saturated carbocycles. The average molecular weight is 631 g/mol. The summed E-state index contributed by atoms with van der Waals surface area (Å²) in [6.45, 7) is 16.2. The van der Waals surface area contributed by atoms with Crippen LogP contribution in [0.4, 0.5) is 11.6 Å². The lowest BCUT2D eigenvalue weighted by molar-refractivity contribution is 0.193. The predicted octanol–water partition coefficient (Wildman–Crippen LogP) is 5.62. The minimum Gasteiger partial charge on any atom is -0.387 e. The van der Waals surface area contributed by atoms with Crippen molar-refractivity contribution in [2.75, 3.05) is 17.3 Å². The van der Waals surface area contributed by atoms with Gasteiger partial charge in [-0.25, -0.2) is 19.3 Å². The number of aliphatic hydroxyl groups is 2. The lowest BCUT2D eigenvalue weighted by Crippen LogP contribution is -2.42. The molecule has 4 aromatic rings. The summed E-state index contributed by atoms with van der Waals surface area (Å²) in [6.07, 6.45) is 4.30. The summed E-state index contributed by atoms with van der Waals surface area (Å²) in [7, 11) is 2.07. The van der Waals surface area contributed by atoms with Crippen LogP contribution in [-0.2, 0) is 0 Å². The first-order chi connectivity index (χ1) is 21.8. The van der Waals surface area contributed by atoms with Crippen LogP contribution in [0.2, 0.25) is 0 Å². The Morgan fingerprint density at radius 2 is 1.61 bits per heavy atom. The average Bonchev–Trinajstić information content (AvgIpc) is 3.65. The van der Waals surface area contributed by atoms with Gasteiger partial charge >= 0.3 is 0 Å². The number of nitrogens with zero attached hydrogens (tertiary/aromatic N) is 9. The van der Waals surface area contributed by atoms with E-state index in [1.807, 2.05) is 42.9 Å². The maximum absolute atomic E-state index is 10.5. The maximum atomic E-state index is 10.5. The van der Waals surface area contributed by atoms with Gasteiger partial charge in [-0.2, -0.15) is 20.2 Å². The van der Waals surface area contributed by atoms with Gasteiger partial charge in [0.1, 0.15) is 11.6 Å². The van der Waals surface area contributed by atoms with E-state index >= 15 is 0 Å². The molecular formula is C34H50N10O2. The molecule has 1 aliphatic rings. The van der Waals surface area contributed by atoms with E-state index in [-0.39, 0.29) is 18.0 Å². The third-order valence-corrected chi connectivity index (χ3v) is 9.59. The molecule has 0 saturated heterocycles. The highest BCUT2D eigenvalue weighted by atomic mass is 16.3. The molecule has 5 rings (SSSR count). The minimum atomic E-state index is -0.746. The number of aryl methyl sites for hydroxylation is 2. The number of rotatable bonds is 11. The SMILES string of the molecule is CCC(C)C(C)Nc1cc(C(C)O)nc(-n2nc(C)cc2C2CCC(C)C(N(C)c3cc(C(C)O)nc(-n4ccc(C)n4)n3)C2)n1. The molecule has 4 heterocycles. The van der Waals surface area contributed by atoms with Crippen molar-refractivity contribution in [3.63, 3.8) is 0 Å². The van der Waals surface area contributed by atoms with Gasteiger partial charge in [0.2, 0.25) is 0 Å². The van der Waals surface area contributed by atoms with E-state index in [4.69, 9.17) is 20.1 Å². The standard InChI is InChI=1S/C34H50N10O2/c1-10-19(2)23(6)35-31-17-27(24(7)45)37-34(38-31)44-30(15-22(5)41-44)26-12-11-20(3)29(16-26)42(9)32-18-28(25(8)46)36-33(39-32)43-14-13-21(4)40-43/h13-15,17-20,23-26,29,45-46H,10-12,16H2,1-9H3,(H,35,37,38). The van der Waals surface area contributed by atoms with E-state index < -0.39 is 12.2 Å². The van der Waals surface area contributed by atoms with E-state index in [1.54, 1.807) is 18.5 Å². The number of aromatic nitrogens is 8. The molecule has 4 aromatic heterocycles. The van der Waals surface area contributed by atoms with Crippen molar-refractivity contribution in [3.8, 4) is 11.9 Å². The highest BCUT2D eigenvalue weighted by molar-refractivity contribution is 5.44. The Kier molecular flexibility index (Phi) is 10.1. The van der Waals surface area contributed by atoms with Gasteiger partial charge in [0.25, 0.3) is 11.9 Å². The molecule has 0 amide bonds. The van der Waals surface area contributed by atoms with Crippen LogP contribution in [0.3, 0.4) is 0 Å². The number of hydrogen-bond donors (Lipinski definition) is 3. The van der Waals surface area contributed by atoms with Crippen LogP contribution in [0, 0.1) is 25.7 Å². The van der Waals surface area contributed by atoms with Gasteiger partial charge in [0.05, 0.1) is 40.7 Å². The van der Waals surface area contributed by atoms with Crippen LogP contribution in [0.5, 0.6) is 0 Å². The Bertz CT molecular complexity index is 1630. The minimum absolute atomic E-state index is 0.171. The van der Waals surface area contributed by atoms with Crippen molar-refractivity contribution in [1.82, 2.24) is 39.5 Å². The molecular weight excluding hydrogens is 580 g/mol. The molecule has 7 unspecified atom stereocenters. The van der Waals surface area contributed by atoms with E-state index in [9.17, 15) is 10.2 Å². The Balaban J connectivity index is 1.47. The topological polar surface area (TPSA) is 143 Å². The number of aliphatic hydroxyl groups excluding tert-OH is 2. The van der Waals surface area contributed by atoms with Gasteiger partial charge in [-0.1, -0.05) is 27.2 Å². The summed E-state index contributed by atoms with van der Waals surface area (Å²) in [5, 5.41) is 33.9. The summed E-state index contributed by atoms with van der Waals surface area (Å²) >= 11 is 0. The zero-order valence-corrected chi connectivity index (χ0v) is 28.7. The third-order valence-electron chi connectivity index (χ3n) is 9.59. The fraction of sp³-hybridized carbons (Fsp3) is 0.588. The molecule has 12 heteroatoms. The van der Waals surface area contributed by atoms with Gasteiger partial charge in [-0.05, 0) is 77.8 Å². The molecule has 3 N–H and O–H groups in total. The maximum Gasteiger partial charge on any atom is 0.253 e. The molecule has 248 valence electrons. The zero-order chi connectivity index (χ0) is 33.3. The van der Waals surface area contributed by atoms with Crippen LogP contribution in [-0.4, -0.2) is 68.8 Å². The zero-order valence-electron chi connectivity index (χ0n) is 28.7. The van der Waals surface area contributed by atoms with Crippen molar-refractivity contribution in [1.29, 1.82) is 0 Å². The summed E-state index contributed by atoms with van der Waals surface area (Å²) in [4.78, 5) is 21.4. The second kappa shape index (κ2) is 13.8. The van der Waals surface area contributed by atoms with Crippen molar-refractivity contribution in [3.05, 3.63) is 58.9 Å². The first kappa shape index (κ1) is 33.5. The fourth-order valence-corrected chi connectivity index (χ4v) is 6.27. The lowest BCUT2D eigenvalue weighted by atomic mass is 9.77. The van der Waals surface area contributed by atoms with Crippen molar-refractivity contribution in [2.45, 2.75) is 111 Å². The lowest BCUT2D eigenvalue weighted by Gasteiger charge is -2.40. The largest absolute Gasteiger partial charge is 0.387 e. The van der Waals surface area contributed by atoms with Crippen molar-refractivity contribution < 1.29 is 10.2 Å². The van der Waals surface area contributed by atoms with Gasteiger partial charge in [-0.15, -0.1) is 0 Å². The molecule has 0 radical (unpaired) electrons. The first-order valence-electron chi connectivity index (χ1n) is 16.6. The Morgan fingerprint density at radius 1 is 0.913 bits per heavy atom. The van der Waals surface area contributed by atoms with E-state index in [0.717, 1.165) is 48.6 Å². The molecule has 0 spiro atoms. The third kappa shape index (κ3) is 7.23. The van der Waals surface area contributed by atoms with E-state index in [2.05, 4.69) is 61.1 Å². The van der Waals surface area contributed by atoms with Crippen molar-refractivity contribution >= 4 is 11.6 Å². The summed E-state index contributed by atoms with van der Waals surface area (Å²) in [5.41, 5.74) is 3.93. The van der Waals surface area contributed by atoms with E-state index in [0.29, 0.717) is 40.9 Å². The molecule has 1 aliphatic carbocycles. The van der Waals surface area contributed by atoms with Crippen LogP contribution in [0.1, 0.15) is 114 Å². The highest BCUT2D eigenvalue weighted by Gasteiger charge is 2.34. The van der Waals surface area contributed by atoms with Crippen LogP contribution in [0.15, 0.2) is 30.5 Å². The van der Waals surface area contributed by atoms with E-state index in [1.165, 1.54) is 0 Å². The number of hydrogen-bond acceptors (Lipinski definition) is 10. The Labute approximate surface area is 272 Å². The first-order valence-corrected chi connectivity index (χ1v) is 16.6. The molecule has 12 nitrogen and oxygen atoms in total. The summed E-state index contributed by atoms with van der Waals surface area (Å²) < 4.78 is 3.52. The monoisotopic (exact) mass is 630 g/mol. The van der Waals surface area contributed by atoms with Crippen molar-refractivity contribution in [2.24, 2.45) is 11.8 Å². The molecule has 7 atom stereocenters. The molecule has 0 bridgehead atoms. The van der Waals surface area contributed by atoms with Gasteiger partial charge in [0, 0.05) is 43.4 Å². The fourth-order valence-electron chi connectivity index (χ4n) is 6.27. The Morgan fingerprint density at radius 3 is 2.26 bits per heavy atom. The summed E-state index contributed by atoms with van der Waals surface area (Å²) in [5.74, 6) is 3.39. The number of anilines is 2. The normalized spacial score (nSPS) is 21.1. The highest BCUT2D eigenvalue weighted by Crippen LogP contribution is 2.40. The van der Waals surface area contributed by atoms with Gasteiger partial charge in [0.15, 0.2) is 0 Å². The Hall–Kier alpha value is -3.90. The van der Waals surface area contributed by atoms with Crippen LogP contribution in [0.25, 0.3) is 11.9 Å². The summed E-state index contributed by atoms with van der Waals surface area (Å²) in [6, 6.07) is 8.13. The number of nitrogens with one attached hydrogen (secondary N) is 1. The molecule has 46 heavy (non-hydrogen) atoms. The molecule has 0 aliphatic heterocycles. The predicted molar refractivity (Wildman–Crippen MR) is 180 cm³/mol. The molecule has 1 fully saturated rings. The molecule has 0 aromatic carbocycles. The smallest absolute Gasteiger partial charge is 0.253 e. The second-order valence-electron chi connectivity index (χ2n) is 13.3. The van der Waals surface area contributed by atoms with Crippen LogP contribution < -0.4 is 10.2 Å². The second-order valence-corrected chi connectivity index (χ2v) is 13.3. The van der Waals surface area contributed by atoms with Gasteiger partial charge < -0.3 is 20.4 Å².